The van der Waals surface area contributed by atoms with E-state index in [-0.39, 0.29) is 9.79 Å². The quantitative estimate of drug-likeness (QED) is 0.633. The van der Waals surface area contributed by atoms with Gasteiger partial charge in [-0.1, -0.05) is 19.3 Å². The summed E-state index contributed by atoms with van der Waals surface area (Å²) in [5.41, 5.74) is 0. The summed E-state index contributed by atoms with van der Waals surface area (Å²) in [4.78, 5) is -0.238. The summed E-state index contributed by atoms with van der Waals surface area (Å²) in [5.74, 6) is 2.36. The van der Waals surface area contributed by atoms with E-state index in [1.165, 1.54) is 0 Å². The Kier molecular flexibility index (Phi) is 5.59. The minimum atomic E-state index is -3.88. The van der Waals surface area contributed by atoms with Crippen molar-refractivity contribution in [1.82, 2.24) is 4.72 Å². The fraction of sp³-hybridized carbons (Fsp3) is 0.333. The van der Waals surface area contributed by atoms with Crippen LogP contribution in [0.3, 0.4) is 0 Å². The SMILES string of the molecule is C#CC(CCC)NS(=O)(=O)c1ccc(S(=O)(=O)Cl)cc1. The molecule has 0 bridgehead atoms. The van der Waals surface area contributed by atoms with Gasteiger partial charge in [-0.2, -0.15) is 4.72 Å². The van der Waals surface area contributed by atoms with Gasteiger partial charge in [0.1, 0.15) is 0 Å². The fourth-order valence-electron chi connectivity index (χ4n) is 1.50. The summed E-state index contributed by atoms with van der Waals surface area (Å²) in [7, 11) is -2.51. The van der Waals surface area contributed by atoms with Gasteiger partial charge in [0, 0.05) is 10.7 Å². The molecule has 0 saturated carbocycles. The number of sulfonamides is 1. The van der Waals surface area contributed by atoms with Gasteiger partial charge in [0.15, 0.2) is 0 Å². The van der Waals surface area contributed by atoms with E-state index >= 15 is 0 Å². The first-order valence-electron chi connectivity index (χ1n) is 5.74. The van der Waals surface area contributed by atoms with Crippen molar-refractivity contribution in [3.05, 3.63) is 24.3 Å². The molecule has 0 heterocycles. The molecule has 1 rings (SSSR count). The minimum Gasteiger partial charge on any atom is -0.207 e. The Morgan fingerprint density at radius 1 is 1.20 bits per heavy atom. The lowest BCUT2D eigenvalue weighted by atomic mass is 10.2. The van der Waals surface area contributed by atoms with E-state index < -0.39 is 25.1 Å². The lowest BCUT2D eigenvalue weighted by Crippen LogP contribution is -2.33. The van der Waals surface area contributed by atoms with Crippen molar-refractivity contribution in [3.8, 4) is 12.3 Å². The molecule has 0 spiro atoms. The number of benzene rings is 1. The smallest absolute Gasteiger partial charge is 0.207 e. The lowest BCUT2D eigenvalue weighted by Gasteiger charge is -2.12. The standard InChI is InChI=1S/C12H14ClNO4S2/c1-3-5-10(4-2)14-20(17,18)12-8-6-11(7-9-12)19(13,15)16/h2,6-10,14H,3,5H2,1H3. The molecular weight excluding hydrogens is 322 g/mol. The summed E-state index contributed by atoms with van der Waals surface area (Å²) < 4.78 is 48.6. The Morgan fingerprint density at radius 2 is 1.70 bits per heavy atom. The second-order valence-corrected chi connectivity index (χ2v) is 8.32. The van der Waals surface area contributed by atoms with Gasteiger partial charge >= 0.3 is 0 Å². The molecule has 5 nitrogen and oxygen atoms in total. The molecule has 1 aromatic rings. The summed E-state index contributed by atoms with van der Waals surface area (Å²) in [6, 6.07) is 3.98. The average Bonchev–Trinajstić information content (AvgIpc) is 2.37. The molecule has 1 atom stereocenters. The monoisotopic (exact) mass is 335 g/mol. The Bertz CT molecular complexity index is 703. The van der Waals surface area contributed by atoms with E-state index in [1.54, 1.807) is 0 Å². The van der Waals surface area contributed by atoms with Crippen LogP contribution in [0.25, 0.3) is 0 Å². The predicted molar refractivity (Wildman–Crippen MR) is 77.3 cm³/mol. The third-order valence-corrected chi connectivity index (χ3v) is 5.35. The first kappa shape index (κ1) is 17.0. The second-order valence-electron chi connectivity index (χ2n) is 4.04. The molecule has 0 aliphatic rings. The van der Waals surface area contributed by atoms with Gasteiger partial charge in [-0.15, -0.1) is 6.42 Å². The molecule has 1 N–H and O–H groups in total. The minimum absolute atomic E-state index is 0.0714. The van der Waals surface area contributed by atoms with E-state index in [1.807, 2.05) is 6.92 Å². The van der Waals surface area contributed by atoms with Crippen LogP contribution in [-0.4, -0.2) is 22.9 Å². The topological polar surface area (TPSA) is 80.3 Å². The third kappa shape index (κ3) is 4.49. The maximum atomic E-state index is 12.0. The largest absolute Gasteiger partial charge is 0.261 e. The fourth-order valence-corrected chi connectivity index (χ4v) is 3.46. The Morgan fingerprint density at radius 3 is 2.10 bits per heavy atom. The van der Waals surface area contributed by atoms with E-state index in [0.717, 1.165) is 30.7 Å². The second kappa shape index (κ2) is 6.59. The Labute approximate surface area is 123 Å². The van der Waals surface area contributed by atoms with Crippen LogP contribution >= 0.6 is 10.7 Å². The van der Waals surface area contributed by atoms with E-state index in [0.29, 0.717) is 6.42 Å². The summed E-state index contributed by atoms with van der Waals surface area (Å²) >= 11 is 0. The van der Waals surface area contributed by atoms with Crippen molar-refractivity contribution in [3.63, 3.8) is 0 Å². The number of hydrogen-bond donors (Lipinski definition) is 1. The van der Waals surface area contributed by atoms with Gasteiger partial charge in [-0.25, -0.2) is 16.8 Å². The van der Waals surface area contributed by atoms with Crippen LogP contribution in [0.15, 0.2) is 34.1 Å². The molecule has 20 heavy (non-hydrogen) atoms. The van der Waals surface area contributed by atoms with Crippen LogP contribution in [0, 0.1) is 12.3 Å². The molecule has 0 fully saturated rings. The molecule has 0 radical (unpaired) electrons. The van der Waals surface area contributed by atoms with E-state index in [4.69, 9.17) is 17.1 Å². The van der Waals surface area contributed by atoms with Crippen LogP contribution in [0.4, 0.5) is 0 Å². The average molecular weight is 336 g/mol. The number of halogens is 1. The van der Waals surface area contributed by atoms with Crippen LogP contribution in [0.5, 0.6) is 0 Å². The zero-order valence-corrected chi connectivity index (χ0v) is 13.1. The maximum absolute atomic E-state index is 12.0. The summed E-state index contributed by atoms with van der Waals surface area (Å²) in [6.45, 7) is 1.89. The highest BCUT2D eigenvalue weighted by atomic mass is 35.7. The Hall–Kier alpha value is -1.07. The van der Waals surface area contributed by atoms with Gasteiger partial charge in [0.05, 0.1) is 15.8 Å². The number of hydrogen-bond acceptors (Lipinski definition) is 4. The van der Waals surface area contributed by atoms with Gasteiger partial charge in [0.2, 0.25) is 10.0 Å². The van der Waals surface area contributed by atoms with Gasteiger partial charge in [-0.3, -0.25) is 0 Å². The molecule has 0 aromatic heterocycles. The first-order chi connectivity index (χ1) is 9.20. The van der Waals surface area contributed by atoms with Gasteiger partial charge in [-0.05, 0) is 30.7 Å². The van der Waals surface area contributed by atoms with Crippen molar-refractivity contribution in [1.29, 1.82) is 0 Å². The lowest BCUT2D eigenvalue weighted by molar-refractivity contribution is 0.564. The highest BCUT2D eigenvalue weighted by Crippen LogP contribution is 2.18. The number of rotatable bonds is 6. The summed E-state index contributed by atoms with van der Waals surface area (Å²) in [6.07, 6.45) is 6.51. The van der Waals surface area contributed by atoms with E-state index in [9.17, 15) is 16.8 Å². The van der Waals surface area contributed by atoms with Crippen molar-refractivity contribution in [2.75, 3.05) is 0 Å². The molecule has 0 saturated heterocycles. The highest BCUT2D eigenvalue weighted by molar-refractivity contribution is 8.13. The molecule has 0 aliphatic carbocycles. The van der Waals surface area contributed by atoms with Crippen molar-refractivity contribution >= 4 is 29.8 Å². The molecule has 1 unspecified atom stereocenters. The molecule has 0 amide bonds. The van der Waals surface area contributed by atoms with Crippen molar-refractivity contribution in [2.24, 2.45) is 0 Å². The molecule has 110 valence electrons. The van der Waals surface area contributed by atoms with Gasteiger partial charge in [0.25, 0.3) is 9.05 Å². The zero-order valence-electron chi connectivity index (χ0n) is 10.7. The number of nitrogens with one attached hydrogen (secondary N) is 1. The van der Waals surface area contributed by atoms with Crippen LogP contribution < -0.4 is 4.72 Å². The number of terminal acetylenes is 1. The Balaban J connectivity index is 3.03. The summed E-state index contributed by atoms with van der Waals surface area (Å²) in [5, 5.41) is 0. The zero-order chi connectivity index (χ0) is 15.4. The molecule has 8 heteroatoms. The maximum Gasteiger partial charge on any atom is 0.261 e. The van der Waals surface area contributed by atoms with Crippen LogP contribution in [0.2, 0.25) is 0 Å². The van der Waals surface area contributed by atoms with Crippen molar-refractivity contribution < 1.29 is 16.8 Å². The molecule has 0 aliphatic heterocycles. The highest BCUT2D eigenvalue weighted by Gasteiger charge is 2.19. The van der Waals surface area contributed by atoms with Crippen LogP contribution in [-0.2, 0) is 19.1 Å². The third-order valence-electron chi connectivity index (χ3n) is 2.49. The van der Waals surface area contributed by atoms with Gasteiger partial charge < -0.3 is 0 Å². The molecular formula is C12H14ClNO4S2. The molecule has 1 aromatic carbocycles. The first-order valence-corrected chi connectivity index (χ1v) is 9.53. The van der Waals surface area contributed by atoms with Crippen molar-refractivity contribution in [2.45, 2.75) is 35.6 Å². The van der Waals surface area contributed by atoms with Crippen LogP contribution in [0.1, 0.15) is 19.8 Å². The van der Waals surface area contributed by atoms with E-state index in [2.05, 4.69) is 10.6 Å². The predicted octanol–water partition coefficient (Wildman–Crippen LogP) is 1.69. The normalized spacial score (nSPS) is 13.7.